The standard InChI is InChI=1S/C10H13ClF8/c1-2-3-4-5-6-7(12,13)8(14,15)9(16,17)10(11,18)19/h2-6H2,1H3. The van der Waals surface area contributed by atoms with E-state index in [4.69, 9.17) is 0 Å². The van der Waals surface area contributed by atoms with Gasteiger partial charge in [0.05, 0.1) is 0 Å². The van der Waals surface area contributed by atoms with Gasteiger partial charge in [-0.3, -0.25) is 0 Å². The molecule has 0 aliphatic carbocycles. The maximum absolute atomic E-state index is 13.0. The molecular formula is C10H13ClF8. The Morgan fingerprint density at radius 1 is 0.737 bits per heavy atom. The number of halogens is 9. The lowest BCUT2D eigenvalue weighted by Crippen LogP contribution is -2.60. The number of unbranched alkanes of at least 4 members (excludes halogenated alkanes) is 3. The molecule has 0 heterocycles. The van der Waals surface area contributed by atoms with E-state index in [1.807, 2.05) is 0 Å². The van der Waals surface area contributed by atoms with Crippen LogP contribution in [0.1, 0.15) is 39.0 Å². The van der Waals surface area contributed by atoms with Crippen LogP contribution in [0.3, 0.4) is 0 Å². The Balaban J connectivity index is 4.96. The summed E-state index contributed by atoms with van der Waals surface area (Å²) in [6.45, 7) is 1.72. The Kier molecular flexibility index (Phi) is 5.93. The Morgan fingerprint density at radius 3 is 1.58 bits per heavy atom. The van der Waals surface area contributed by atoms with Crippen molar-refractivity contribution in [1.29, 1.82) is 0 Å². The lowest BCUT2D eigenvalue weighted by molar-refractivity contribution is -0.349. The van der Waals surface area contributed by atoms with Crippen LogP contribution >= 0.6 is 11.6 Å². The molecule has 0 saturated carbocycles. The first-order chi connectivity index (χ1) is 8.31. The van der Waals surface area contributed by atoms with Gasteiger partial charge < -0.3 is 0 Å². The molecule has 0 N–H and O–H groups in total. The molecule has 0 aromatic heterocycles. The van der Waals surface area contributed by atoms with Gasteiger partial charge in [0.15, 0.2) is 0 Å². The van der Waals surface area contributed by atoms with E-state index in [0.717, 1.165) is 0 Å². The summed E-state index contributed by atoms with van der Waals surface area (Å²) in [5.74, 6) is -17.8. The minimum Gasteiger partial charge on any atom is -0.200 e. The predicted octanol–water partition coefficient (Wildman–Crippen LogP) is 5.69. The molecule has 0 nitrogen and oxygen atoms in total. The Morgan fingerprint density at radius 2 is 1.21 bits per heavy atom. The second-order valence-electron chi connectivity index (χ2n) is 4.16. The van der Waals surface area contributed by atoms with Crippen LogP contribution in [0.4, 0.5) is 35.1 Å². The van der Waals surface area contributed by atoms with E-state index in [1.54, 1.807) is 6.92 Å². The molecule has 19 heavy (non-hydrogen) atoms. The molecule has 0 unspecified atom stereocenters. The fourth-order valence-corrected chi connectivity index (χ4v) is 1.46. The van der Waals surface area contributed by atoms with E-state index in [9.17, 15) is 35.1 Å². The van der Waals surface area contributed by atoms with Crippen molar-refractivity contribution in [2.75, 3.05) is 0 Å². The van der Waals surface area contributed by atoms with Gasteiger partial charge in [0, 0.05) is 6.42 Å². The summed E-state index contributed by atoms with van der Waals surface area (Å²) in [4.78, 5) is 0. The lowest BCUT2D eigenvalue weighted by Gasteiger charge is -2.34. The molecule has 0 aliphatic rings. The highest BCUT2D eigenvalue weighted by molar-refractivity contribution is 6.22. The monoisotopic (exact) mass is 320 g/mol. The van der Waals surface area contributed by atoms with Crippen molar-refractivity contribution in [1.82, 2.24) is 0 Å². The van der Waals surface area contributed by atoms with E-state index in [-0.39, 0.29) is 6.42 Å². The zero-order chi connectivity index (χ0) is 15.5. The highest BCUT2D eigenvalue weighted by Gasteiger charge is 2.79. The zero-order valence-corrected chi connectivity index (χ0v) is 10.7. The van der Waals surface area contributed by atoms with Gasteiger partial charge in [-0.2, -0.15) is 35.1 Å². The fraction of sp³-hybridized carbons (Fsp3) is 1.00. The van der Waals surface area contributed by atoms with E-state index in [0.29, 0.717) is 12.8 Å². The molecule has 0 rings (SSSR count). The SMILES string of the molecule is CCCCCCC(F)(F)C(F)(F)C(F)(F)C(F)(F)Cl. The summed E-state index contributed by atoms with van der Waals surface area (Å²) in [5.41, 5.74) is 0. The lowest BCUT2D eigenvalue weighted by atomic mass is 9.98. The largest absolute Gasteiger partial charge is 0.392 e. The van der Waals surface area contributed by atoms with Gasteiger partial charge in [-0.05, 0) is 18.0 Å². The minimum atomic E-state index is -6.34. The van der Waals surface area contributed by atoms with Crippen molar-refractivity contribution in [2.24, 2.45) is 0 Å². The first kappa shape index (κ1) is 18.7. The van der Waals surface area contributed by atoms with Crippen molar-refractivity contribution < 1.29 is 35.1 Å². The highest BCUT2D eigenvalue weighted by atomic mass is 35.5. The Bertz CT molecular complexity index is 284. The average Bonchev–Trinajstić information content (AvgIpc) is 2.22. The van der Waals surface area contributed by atoms with Crippen LogP contribution in [0.5, 0.6) is 0 Å². The van der Waals surface area contributed by atoms with Crippen LogP contribution in [0.15, 0.2) is 0 Å². The molecule has 0 aromatic carbocycles. The number of rotatable bonds is 8. The third-order valence-electron chi connectivity index (χ3n) is 2.55. The molecule has 9 heteroatoms. The normalized spacial score (nSPS) is 14.8. The van der Waals surface area contributed by atoms with Gasteiger partial charge in [0.25, 0.3) is 0 Å². The van der Waals surface area contributed by atoms with Crippen LogP contribution in [-0.2, 0) is 0 Å². The van der Waals surface area contributed by atoms with Gasteiger partial charge >= 0.3 is 23.1 Å². The van der Waals surface area contributed by atoms with Crippen molar-refractivity contribution in [3.05, 3.63) is 0 Å². The maximum atomic E-state index is 13.0. The zero-order valence-electron chi connectivity index (χ0n) is 9.94. The van der Waals surface area contributed by atoms with Gasteiger partial charge in [-0.1, -0.05) is 26.2 Å². The van der Waals surface area contributed by atoms with Crippen LogP contribution in [0.2, 0.25) is 0 Å². The van der Waals surface area contributed by atoms with Crippen LogP contribution < -0.4 is 0 Å². The second kappa shape index (κ2) is 6.01. The number of alkyl halides is 9. The minimum absolute atomic E-state index is 0.116. The van der Waals surface area contributed by atoms with Gasteiger partial charge in [-0.15, -0.1) is 0 Å². The molecular weight excluding hydrogens is 308 g/mol. The number of hydrogen-bond acceptors (Lipinski definition) is 0. The van der Waals surface area contributed by atoms with E-state index in [1.165, 1.54) is 0 Å². The quantitative estimate of drug-likeness (QED) is 0.306. The molecule has 0 spiro atoms. The van der Waals surface area contributed by atoms with Crippen molar-refractivity contribution in [3.8, 4) is 0 Å². The first-order valence-corrected chi connectivity index (χ1v) is 5.89. The Hall–Kier alpha value is -0.270. The van der Waals surface area contributed by atoms with Crippen LogP contribution in [0, 0.1) is 0 Å². The van der Waals surface area contributed by atoms with Gasteiger partial charge in [-0.25, -0.2) is 0 Å². The molecule has 0 aromatic rings. The molecule has 0 aliphatic heterocycles. The highest BCUT2D eigenvalue weighted by Crippen LogP contribution is 2.55. The molecule has 0 bridgehead atoms. The van der Waals surface area contributed by atoms with E-state index in [2.05, 4.69) is 11.6 Å². The maximum Gasteiger partial charge on any atom is 0.392 e. The van der Waals surface area contributed by atoms with E-state index >= 15 is 0 Å². The first-order valence-electron chi connectivity index (χ1n) is 5.51. The summed E-state index contributed by atoms with van der Waals surface area (Å²) in [7, 11) is 0. The predicted molar refractivity (Wildman–Crippen MR) is 54.4 cm³/mol. The van der Waals surface area contributed by atoms with Crippen molar-refractivity contribution in [3.63, 3.8) is 0 Å². The summed E-state index contributed by atoms with van der Waals surface area (Å²) in [6.07, 6.45) is -0.907. The van der Waals surface area contributed by atoms with Crippen molar-refractivity contribution >= 4 is 11.6 Å². The smallest absolute Gasteiger partial charge is 0.200 e. The van der Waals surface area contributed by atoms with Crippen LogP contribution in [0.25, 0.3) is 0 Å². The van der Waals surface area contributed by atoms with E-state index < -0.39 is 36.0 Å². The molecule has 0 fully saturated rings. The third kappa shape index (κ3) is 3.86. The molecule has 0 atom stereocenters. The summed E-state index contributed by atoms with van der Waals surface area (Å²) in [5, 5.41) is -5.76. The topological polar surface area (TPSA) is 0 Å². The third-order valence-corrected chi connectivity index (χ3v) is 2.79. The fourth-order valence-electron chi connectivity index (χ4n) is 1.34. The molecule has 0 saturated heterocycles. The summed E-state index contributed by atoms with van der Waals surface area (Å²) in [6, 6.07) is 0. The summed E-state index contributed by atoms with van der Waals surface area (Å²) < 4.78 is 102. The molecule has 0 radical (unpaired) electrons. The molecule has 0 amide bonds. The average molecular weight is 321 g/mol. The number of hydrogen-bond donors (Lipinski definition) is 0. The molecule has 116 valence electrons. The van der Waals surface area contributed by atoms with Gasteiger partial charge in [0.1, 0.15) is 0 Å². The summed E-state index contributed by atoms with van der Waals surface area (Å²) >= 11 is 3.80. The van der Waals surface area contributed by atoms with Crippen molar-refractivity contribution in [2.45, 2.75) is 62.2 Å². The second-order valence-corrected chi connectivity index (χ2v) is 4.64. The van der Waals surface area contributed by atoms with Gasteiger partial charge in [0.2, 0.25) is 0 Å². The van der Waals surface area contributed by atoms with Crippen LogP contribution in [-0.4, -0.2) is 23.1 Å². The Labute approximate surface area is 110 Å².